The largest absolute Gasteiger partial charge is 0.496 e. The molecule has 0 saturated heterocycles. The van der Waals surface area contributed by atoms with Crippen molar-refractivity contribution in [3.8, 4) is 17.1 Å². The highest BCUT2D eigenvalue weighted by atomic mass is 79.9. The van der Waals surface area contributed by atoms with Gasteiger partial charge in [0.05, 0.1) is 11.6 Å². The van der Waals surface area contributed by atoms with E-state index in [0.29, 0.717) is 0 Å². The standard InChI is InChI=1S/C13H14BrN3O/c1-18-11-6-5-9(8-10(11)14)13-15-12-4-2-3-7-17(12)16-13/h5-6,8H,2-4,7H2,1H3. The molecule has 0 unspecified atom stereocenters. The Hall–Kier alpha value is -1.36. The van der Waals surface area contributed by atoms with Crippen molar-refractivity contribution in [2.24, 2.45) is 0 Å². The number of aryl methyl sites for hydroxylation is 2. The monoisotopic (exact) mass is 307 g/mol. The third kappa shape index (κ3) is 2.03. The molecular weight excluding hydrogens is 294 g/mol. The van der Waals surface area contributed by atoms with Gasteiger partial charge in [-0.05, 0) is 47.0 Å². The van der Waals surface area contributed by atoms with E-state index in [1.807, 2.05) is 22.9 Å². The fourth-order valence-electron chi connectivity index (χ4n) is 2.21. The smallest absolute Gasteiger partial charge is 0.181 e. The van der Waals surface area contributed by atoms with E-state index in [1.165, 1.54) is 12.8 Å². The van der Waals surface area contributed by atoms with E-state index in [2.05, 4.69) is 26.0 Å². The lowest BCUT2D eigenvalue weighted by molar-refractivity contribution is 0.412. The van der Waals surface area contributed by atoms with Gasteiger partial charge in [0.2, 0.25) is 0 Å². The zero-order chi connectivity index (χ0) is 12.5. The number of rotatable bonds is 2. The van der Waals surface area contributed by atoms with Gasteiger partial charge in [0.15, 0.2) is 5.82 Å². The number of hydrogen-bond acceptors (Lipinski definition) is 3. The quantitative estimate of drug-likeness (QED) is 0.856. The summed E-state index contributed by atoms with van der Waals surface area (Å²) in [5, 5.41) is 4.56. The summed E-state index contributed by atoms with van der Waals surface area (Å²) in [6.07, 6.45) is 3.44. The first-order valence-corrected chi connectivity index (χ1v) is 6.85. The van der Waals surface area contributed by atoms with Crippen LogP contribution in [0, 0.1) is 0 Å². The predicted octanol–water partition coefficient (Wildman–Crippen LogP) is 3.05. The van der Waals surface area contributed by atoms with Crippen LogP contribution >= 0.6 is 15.9 Å². The molecule has 5 heteroatoms. The molecule has 2 aromatic rings. The highest BCUT2D eigenvalue weighted by Gasteiger charge is 2.15. The fraction of sp³-hybridized carbons (Fsp3) is 0.385. The molecule has 1 aromatic heterocycles. The van der Waals surface area contributed by atoms with Crippen molar-refractivity contribution < 1.29 is 4.74 Å². The van der Waals surface area contributed by atoms with Crippen LogP contribution in [0.25, 0.3) is 11.4 Å². The molecule has 0 spiro atoms. The molecule has 0 bridgehead atoms. The van der Waals surface area contributed by atoms with Crippen LogP contribution in [0.5, 0.6) is 5.75 Å². The third-order valence-electron chi connectivity index (χ3n) is 3.18. The predicted molar refractivity (Wildman–Crippen MR) is 72.6 cm³/mol. The average molecular weight is 308 g/mol. The summed E-state index contributed by atoms with van der Waals surface area (Å²) in [4.78, 5) is 4.61. The number of ether oxygens (including phenoxy) is 1. The van der Waals surface area contributed by atoms with Gasteiger partial charge in [-0.25, -0.2) is 9.67 Å². The molecule has 0 radical (unpaired) electrons. The van der Waals surface area contributed by atoms with E-state index in [-0.39, 0.29) is 0 Å². The van der Waals surface area contributed by atoms with Crippen LogP contribution in [0.15, 0.2) is 22.7 Å². The van der Waals surface area contributed by atoms with Crippen molar-refractivity contribution in [3.05, 3.63) is 28.5 Å². The van der Waals surface area contributed by atoms with Gasteiger partial charge < -0.3 is 4.74 Å². The minimum absolute atomic E-state index is 0.801. The molecule has 0 N–H and O–H groups in total. The molecule has 3 rings (SSSR count). The number of halogens is 1. The molecule has 2 heterocycles. The maximum Gasteiger partial charge on any atom is 0.181 e. The van der Waals surface area contributed by atoms with Crippen molar-refractivity contribution in [2.75, 3.05) is 7.11 Å². The number of aromatic nitrogens is 3. The van der Waals surface area contributed by atoms with Crippen molar-refractivity contribution in [1.29, 1.82) is 0 Å². The van der Waals surface area contributed by atoms with Gasteiger partial charge in [0.25, 0.3) is 0 Å². The highest BCUT2D eigenvalue weighted by Crippen LogP contribution is 2.29. The zero-order valence-electron chi connectivity index (χ0n) is 10.2. The van der Waals surface area contributed by atoms with Gasteiger partial charge in [0, 0.05) is 18.5 Å². The Bertz CT molecular complexity index is 556. The second kappa shape index (κ2) is 4.72. The SMILES string of the molecule is COc1ccc(-c2nc3n(n2)CCCC3)cc1Br. The molecule has 1 aromatic carbocycles. The van der Waals surface area contributed by atoms with Crippen molar-refractivity contribution in [1.82, 2.24) is 14.8 Å². The second-order valence-electron chi connectivity index (χ2n) is 4.38. The average Bonchev–Trinajstić information content (AvgIpc) is 2.82. The van der Waals surface area contributed by atoms with Crippen LogP contribution < -0.4 is 4.74 Å². The molecule has 1 aliphatic heterocycles. The molecule has 1 aliphatic rings. The van der Waals surface area contributed by atoms with Crippen LogP contribution in [0.4, 0.5) is 0 Å². The number of nitrogens with zero attached hydrogens (tertiary/aromatic N) is 3. The van der Waals surface area contributed by atoms with Crippen molar-refractivity contribution >= 4 is 15.9 Å². The van der Waals surface area contributed by atoms with E-state index < -0.39 is 0 Å². The summed E-state index contributed by atoms with van der Waals surface area (Å²) < 4.78 is 8.18. The number of benzene rings is 1. The number of methoxy groups -OCH3 is 1. The number of hydrogen-bond donors (Lipinski definition) is 0. The van der Waals surface area contributed by atoms with E-state index in [9.17, 15) is 0 Å². The van der Waals surface area contributed by atoms with Gasteiger partial charge in [-0.3, -0.25) is 0 Å². The molecule has 0 amide bonds. The molecule has 18 heavy (non-hydrogen) atoms. The Balaban J connectivity index is 1.99. The first kappa shape index (κ1) is 11.7. The second-order valence-corrected chi connectivity index (χ2v) is 5.24. The first-order valence-electron chi connectivity index (χ1n) is 6.05. The van der Waals surface area contributed by atoms with Gasteiger partial charge in [-0.15, -0.1) is 0 Å². The Kier molecular flexibility index (Phi) is 3.07. The van der Waals surface area contributed by atoms with Gasteiger partial charge in [-0.2, -0.15) is 5.10 Å². The van der Waals surface area contributed by atoms with Gasteiger partial charge in [-0.1, -0.05) is 0 Å². The highest BCUT2D eigenvalue weighted by molar-refractivity contribution is 9.10. The minimum Gasteiger partial charge on any atom is -0.496 e. The molecule has 0 fully saturated rings. The van der Waals surface area contributed by atoms with E-state index in [1.54, 1.807) is 7.11 Å². The Labute approximate surface area is 114 Å². The van der Waals surface area contributed by atoms with Gasteiger partial charge in [0.1, 0.15) is 11.6 Å². The van der Waals surface area contributed by atoms with E-state index in [0.717, 1.165) is 40.4 Å². The van der Waals surface area contributed by atoms with Crippen LogP contribution in [0.1, 0.15) is 18.7 Å². The van der Waals surface area contributed by atoms with Crippen LogP contribution in [-0.2, 0) is 13.0 Å². The van der Waals surface area contributed by atoms with Crippen LogP contribution in [-0.4, -0.2) is 21.9 Å². The molecular formula is C13H14BrN3O. The molecule has 94 valence electrons. The summed E-state index contributed by atoms with van der Waals surface area (Å²) in [6, 6.07) is 5.92. The lowest BCUT2D eigenvalue weighted by atomic mass is 10.2. The maximum absolute atomic E-state index is 5.22. The van der Waals surface area contributed by atoms with Gasteiger partial charge >= 0.3 is 0 Å². The molecule has 0 aliphatic carbocycles. The minimum atomic E-state index is 0.801. The van der Waals surface area contributed by atoms with E-state index >= 15 is 0 Å². The zero-order valence-corrected chi connectivity index (χ0v) is 11.8. The molecule has 4 nitrogen and oxygen atoms in total. The van der Waals surface area contributed by atoms with E-state index in [4.69, 9.17) is 4.74 Å². The summed E-state index contributed by atoms with van der Waals surface area (Å²) in [5.74, 6) is 2.72. The number of fused-ring (bicyclic) bond motifs is 1. The summed E-state index contributed by atoms with van der Waals surface area (Å²) in [7, 11) is 1.66. The Morgan fingerprint density at radius 2 is 2.22 bits per heavy atom. The first-order chi connectivity index (χ1) is 8.78. The summed E-state index contributed by atoms with van der Waals surface area (Å²) in [5.41, 5.74) is 1.02. The lowest BCUT2D eigenvalue weighted by Gasteiger charge is -2.09. The van der Waals surface area contributed by atoms with Crippen molar-refractivity contribution in [2.45, 2.75) is 25.8 Å². The van der Waals surface area contributed by atoms with Crippen molar-refractivity contribution in [3.63, 3.8) is 0 Å². The summed E-state index contributed by atoms with van der Waals surface area (Å²) in [6.45, 7) is 0.986. The summed E-state index contributed by atoms with van der Waals surface area (Å²) >= 11 is 3.49. The fourth-order valence-corrected chi connectivity index (χ4v) is 2.75. The Morgan fingerprint density at radius 1 is 1.33 bits per heavy atom. The van der Waals surface area contributed by atoms with Crippen LogP contribution in [0.3, 0.4) is 0 Å². The normalized spacial score (nSPS) is 14.3. The molecule has 0 saturated carbocycles. The topological polar surface area (TPSA) is 39.9 Å². The molecule has 0 atom stereocenters. The van der Waals surface area contributed by atoms with Crippen LogP contribution in [0.2, 0.25) is 0 Å². The lowest BCUT2D eigenvalue weighted by Crippen LogP contribution is -2.11. The third-order valence-corrected chi connectivity index (χ3v) is 3.80. The maximum atomic E-state index is 5.22. The Morgan fingerprint density at radius 3 is 2.94 bits per heavy atom.